The Bertz CT molecular complexity index is 461. The summed E-state index contributed by atoms with van der Waals surface area (Å²) in [7, 11) is 0. The zero-order valence-electron chi connectivity index (χ0n) is 10.8. The molecule has 1 aromatic carbocycles. The zero-order chi connectivity index (χ0) is 15.0. The lowest BCUT2D eigenvalue weighted by atomic mass is 10.2. The van der Waals surface area contributed by atoms with Crippen molar-refractivity contribution >= 4 is 17.4 Å². The molecule has 0 aliphatic rings. The van der Waals surface area contributed by atoms with Crippen LogP contribution in [0.3, 0.4) is 0 Å². The van der Waals surface area contributed by atoms with E-state index in [1.54, 1.807) is 11.8 Å². The number of benzene rings is 1. The molecular formula is C12H16F2N2O3S. The van der Waals surface area contributed by atoms with Gasteiger partial charge in [0.2, 0.25) is 5.82 Å². The molecule has 0 atom stereocenters. The maximum atomic E-state index is 13.4. The van der Waals surface area contributed by atoms with Crippen LogP contribution in [0.2, 0.25) is 0 Å². The van der Waals surface area contributed by atoms with E-state index in [9.17, 15) is 18.9 Å². The van der Waals surface area contributed by atoms with Crippen molar-refractivity contribution in [3.8, 4) is 0 Å². The molecule has 8 heteroatoms. The van der Waals surface area contributed by atoms with Gasteiger partial charge in [0.1, 0.15) is 5.82 Å². The molecule has 20 heavy (non-hydrogen) atoms. The first kappa shape index (κ1) is 16.8. The molecule has 0 aliphatic carbocycles. The van der Waals surface area contributed by atoms with Gasteiger partial charge in [0.15, 0.2) is 0 Å². The summed E-state index contributed by atoms with van der Waals surface area (Å²) in [6.07, 6.45) is 0.726. The Kier molecular flexibility index (Phi) is 7.42. The molecule has 0 saturated heterocycles. The molecule has 0 fully saturated rings. The number of hydrogen-bond acceptors (Lipinski definition) is 5. The Morgan fingerprint density at radius 3 is 2.70 bits per heavy atom. The van der Waals surface area contributed by atoms with Crippen LogP contribution in [0.5, 0.6) is 0 Å². The van der Waals surface area contributed by atoms with Gasteiger partial charge in [0.25, 0.3) is 0 Å². The van der Waals surface area contributed by atoms with Gasteiger partial charge in [-0.3, -0.25) is 10.1 Å². The number of nitro groups is 1. The Hall–Kier alpha value is -1.25. The van der Waals surface area contributed by atoms with Crippen molar-refractivity contribution in [1.29, 1.82) is 0 Å². The van der Waals surface area contributed by atoms with Gasteiger partial charge in [-0.05, 0) is 12.2 Å². The molecule has 0 unspecified atom stereocenters. The summed E-state index contributed by atoms with van der Waals surface area (Å²) < 4.78 is 26.6. The topological polar surface area (TPSA) is 75.4 Å². The Balaban J connectivity index is 2.44. The fourth-order valence-corrected chi connectivity index (χ4v) is 2.32. The van der Waals surface area contributed by atoms with Crippen LogP contribution in [-0.2, 0) is 6.54 Å². The normalized spacial score (nSPS) is 10.8. The number of nitrogens with zero attached hydrogens (tertiary/aromatic N) is 1. The molecule has 0 amide bonds. The number of nitrogens with one attached hydrogen (secondary N) is 1. The van der Waals surface area contributed by atoms with Crippen LogP contribution in [0.15, 0.2) is 12.1 Å². The largest absolute Gasteiger partial charge is 0.396 e. The highest BCUT2D eigenvalue weighted by Crippen LogP contribution is 2.21. The fraction of sp³-hybridized carbons (Fsp3) is 0.500. The van der Waals surface area contributed by atoms with Crippen molar-refractivity contribution in [1.82, 2.24) is 5.32 Å². The quantitative estimate of drug-likeness (QED) is 0.415. The van der Waals surface area contributed by atoms with Crippen LogP contribution in [0.4, 0.5) is 14.5 Å². The first-order valence-electron chi connectivity index (χ1n) is 6.08. The molecule has 5 nitrogen and oxygen atoms in total. The molecule has 0 saturated carbocycles. The average Bonchev–Trinajstić information content (AvgIpc) is 2.39. The van der Waals surface area contributed by atoms with Gasteiger partial charge in [-0.25, -0.2) is 4.39 Å². The Morgan fingerprint density at radius 2 is 2.05 bits per heavy atom. The molecule has 0 radical (unpaired) electrons. The summed E-state index contributed by atoms with van der Waals surface area (Å²) >= 11 is 1.64. The van der Waals surface area contributed by atoms with Gasteiger partial charge in [-0.15, -0.1) is 0 Å². The lowest BCUT2D eigenvalue weighted by Gasteiger charge is -2.06. The maximum Gasteiger partial charge on any atom is 0.305 e. The van der Waals surface area contributed by atoms with Gasteiger partial charge < -0.3 is 10.4 Å². The van der Waals surface area contributed by atoms with E-state index in [0.717, 1.165) is 24.0 Å². The highest BCUT2D eigenvalue weighted by molar-refractivity contribution is 7.99. The number of aliphatic hydroxyl groups is 1. The van der Waals surface area contributed by atoms with Crippen molar-refractivity contribution in [3.05, 3.63) is 39.4 Å². The fourth-order valence-electron chi connectivity index (χ4n) is 1.49. The van der Waals surface area contributed by atoms with Crippen LogP contribution in [0, 0.1) is 21.7 Å². The van der Waals surface area contributed by atoms with E-state index >= 15 is 0 Å². The number of thioether (sulfide) groups is 1. The van der Waals surface area contributed by atoms with Crippen molar-refractivity contribution in [3.63, 3.8) is 0 Å². The second-order valence-corrected chi connectivity index (χ2v) is 5.24. The number of aliphatic hydroxyl groups excluding tert-OH is 1. The Labute approximate surface area is 119 Å². The molecule has 0 aliphatic heterocycles. The van der Waals surface area contributed by atoms with Crippen LogP contribution in [-0.4, -0.2) is 34.7 Å². The van der Waals surface area contributed by atoms with E-state index < -0.39 is 22.2 Å². The second kappa shape index (κ2) is 8.83. The zero-order valence-corrected chi connectivity index (χ0v) is 11.6. The highest BCUT2D eigenvalue weighted by Gasteiger charge is 2.17. The van der Waals surface area contributed by atoms with Crippen LogP contribution in [0.1, 0.15) is 12.0 Å². The first-order chi connectivity index (χ1) is 9.56. The molecule has 0 spiro atoms. The number of hydrogen-bond donors (Lipinski definition) is 2. The monoisotopic (exact) mass is 306 g/mol. The summed E-state index contributed by atoms with van der Waals surface area (Å²) in [6, 6.07) is 1.45. The summed E-state index contributed by atoms with van der Waals surface area (Å²) in [6.45, 7) is 0.860. The minimum Gasteiger partial charge on any atom is -0.396 e. The number of halogens is 2. The first-order valence-corrected chi connectivity index (χ1v) is 7.23. The van der Waals surface area contributed by atoms with Gasteiger partial charge in [-0.2, -0.15) is 16.2 Å². The maximum absolute atomic E-state index is 13.4. The van der Waals surface area contributed by atoms with E-state index in [0.29, 0.717) is 12.6 Å². The molecular weight excluding hydrogens is 290 g/mol. The molecule has 0 heterocycles. The van der Waals surface area contributed by atoms with Crippen LogP contribution in [0.25, 0.3) is 0 Å². The third-order valence-corrected chi connectivity index (χ3v) is 3.57. The summed E-state index contributed by atoms with van der Waals surface area (Å²) in [5, 5.41) is 22.1. The van der Waals surface area contributed by atoms with E-state index in [4.69, 9.17) is 5.11 Å². The van der Waals surface area contributed by atoms with Crippen LogP contribution < -0.4 is 5.32 Å². The van der Waals surface area contributed by atoms with Crippen molar-refractivity contribution in [2.24, 2.45) is 0 Å². The van der Waals surface area contributed by atoms with E-state index in [-0.39, 0.29) is 18.7 Å². The van der Waals surface area contributed by atoms with E-state index in [2.05, 4.69) is 5.32 Å². The lowest BCUT2D eigenvalue weighted by Crippen LogP contribution is -2.18. The predicted octanol–water partition coefficient (Wildman–Crippen LogP) is 2.08. The SMILES string of the molecule is O=[N+]([O-])c1cc(CNCCSCCCO)c(F)cc1F. The Morgan fingerprint density at radius 1 is 1.30 bits per heavy atom. The molecule has 1 aromatic rings. The third-order valence-electron chi connectivity index (χ3n) is 2.50. The molecule has 0 aromatic heterocycles. The van der Waals surface area contributed by atoms with Crippen molar-refractivity contribution in [2.45, 2.75) is 13.0 Å². The third kappa shape index (κ3) is 5.40. The minimum atomic E-state index is -1.17. The number of nitro benzene ring substituents is 1. The van der Waals surface area contributed by atoms with Gasteiger partial charge in [-0.1, -0.05) is 0 Å². The number of rotatable bonds is 9. The summed E-state index contributed by atoms with van der Waals surface area (Å²) in [4.78, 5) is 9.69. The smallest absolute Gasteiger partial charge is 0.305 e. The lowest BCUT2D eigenvalue weighted by molar-refractivity contribution is -0.387. The average molecular weight is 306 g/mol. The summed E-state index contributed by atoms with van der Waals surface area (Å²) in [5.41, 5.74) is -0.654. The highest BCUT2D eigenvalue weighted by atomic mass is 32.2. The van der Waals surface area contributed by atoms with Crippen molar-refractivity contribution < 1.29 is 18.8 Å². The van der Waals surface area contributed by atoms with E-state index in [1.807, 2.05) is 0 Å². The predicted molar refractivity (Wildman–Crippen MR) is 73.7 cm³/mol. The van der Waals surface area contributed by atoms with Crippen molar-refractivity contribution in [2.75, 3.05) is 24.7 Å². The molecule has 112 valence electrons. The summed E-state index contributed by atoms with van der Waals surface area (Å²) in [5.74, 6) is -0.344. The standard InChI is InChI=1S/C12H16F2N2O3S/c13-10-7-11(14)12(16(18)19)6-9(10)8-15-2-5-20-4-1-3-17/h6-7,15,17H,1-5,8H2. The minimum absolute atomic E-state index is 0.0680. The van der Waals surface area contributed by atoms with Gasteiger partial charge >= 0.3 is 5.69 Å². The van der Waals surface area contributed by atoms with Gasteiger partial charge in [0, 0.05) is 43.1 Å². The molecule has 1 rings (SSSR count). The molecule has 2 N–H and O–H groups in total. The second-order valence-electron chi connectivity index (χ2n) is 4.02. The van der Waals surface area contributed by atoms with Gasteiger partial charge in [0.05, 0.1) is 4.92 Å². The molecule has 0 bridgehead atoms. The van der Waals surface area contributed by atoms with E-state index in [1.165, 1.54) is 0 Å². The van der Waals surface area contributed by atoms with Crippen LogP contribution >= 0.6 is 11.8 Å².